The van der Waals surface area contributed by atoms with Crippen molar-refractivity contribution in [2.45, 2.75) is 44.9 Å². The number of nitrogens with zero attached hydrogens (tertiary/aromatic N) is 4. The van der Waals surface area contributed by atoms with E-state index >= 15 is 0 Å². The van der Waals surface area contributed by atoms with Crippen LogP contribution in [0.3, 0.4) is 0 Å². The van der Waals surface area contributed by atoms with E-state index in [1.54, 1.807) is 11.3 Å². The summed E-state index contributed by atoms with van der Waals surface area (Å²) in [6.07, 6.45) is 10.3. The summed E-state index contributed by atoms with van der Waals surface area (Å²) >= 11 is 1.55. The molecule has 0 bridgehead atoms. The third-order valence-corrected chi connectivity index (χ3v) is 6.18. The van der Waals surface area contributed by atoms with E-state index in [-0.39, 0.29) is 5.91 Å². The molecule has 4 rings (SSSR count). The molecule has 0 spiro atoms. The number of likely N-dealkylation sites (tertiary alicyclic amines) is 1. The Labute approximate surface area is 159 Å². The van der Waals surface area contributed by atoms with Crippen molar-refractivity contribution < 1.29 is 4.79 Å². The summed E-state index contributed by atoms with van der Waals surface area (Å²) in [6.45, 7) is 3.88. The van der Waals surface area contributed by atoms with Gasteiger partial charge in [0.25, 0.3) is 5.91 Å². The fraction of sp³-hybridized carbons (Fsp3) is 0.550. The van der Waals surface area contributed by atoms with Crippen LogP contribution in [0.1, 0.15) is 55.4 Å². The van der Waals surface area contributed by atoms with Crippen molar-refractivity contribution in [3.05, 3.63) is 29.4 Å². The van der Waals surface area contributed by atoms with Crippen LogP contribution in [0, 0.1) is 0 Å². The highest BCUT2D eigenvalue weighted by Crippen LogP contribution is 2.28. The lowest BCUT2D eigenvalue weighted by Gasteiger charge is -2.27. The van der Waals surface area contributed by atoms with Crippen LogP contribution in [0.15, 0.2) is 23.7 Å². The summed E-state index contributed by atoms with van der Waals surface area (Å²) in [6, 6.07) is 4.11. The van der Waals surface area contributed by atoms with Gasteiger partial charge in [-0.1, -0.05) is 12.8 Å². The van der Waals surface area contributed by atoms with E-state index in [1.165, 1.54) is 32.1 Å². The average molecular weight is 371 g/mol. The first-order chi connectivity index (χ1) is 12.8. The maximum atomic E-state index is 12.8. The predicted octanol–water partition coefficient (Wildman–Crippen LogP) is 4.21. The van der Waals surface area contributed by atoms with Crippen LogP contribution in [0.2, 0.25) is 0 Å². The summed E-state index contributed by atoms with van der Waals surface area (Å²) in [4.78, 5) is 26.3. The highest BCUT2D eigenvalue weighted by Gasteiger charge is 2.20. The SMILES string of the molecule is O=C(c1csc(-c2ccnc(N3CCCCC3)c2)n1)N1CCCCCC1. The Bertz CT molecular complexity index is 746. The summed E-state index contributed by atoms with van der Waals surface area (Å²) in [5.41, 5.74) is 1.64. The third kappa shape index (κ3) is 3.90. The second-order valence-corrected chi connectivity index (χ2v) is 8.05. The lowest BCUT2D eigenvalue weighted by Crippen LogP contribution is -2.32. The van der Waals surface area contributed by atoms with Gasteiger partial charge in [-0.25, -0.2) is 9.97 Å². The summed E-state index contributed by atoms with van der Waals surface area (Å²) in [5.74, 6) is 1.11. The van der Waals surface area contributed by atoms with E-state index in [1.807, 2.05) is 22.5 Å². The number of anilines is 1. The van der Waals surface area contributed by atoms with Crippen molar-refractivity contribution in [1.82, 2.24) is 14.9 Å². The number of thiazole rings is 1. The van der Waals surface area contributed by atoms with Crippen molar-refractivity contribution >= 4 is 23.1 Å². The minimum absolute atomic E-state index is 0.0831. The quantitative estimate of drug-likeness (QED) is 0.812. The fourth-order valence-corrected chi connectivity index (χ4v) is 4.58. The van der Waals surface area contributed by atoms with Gasteiger partial charge in [0.2, 0.25) is 0 Å². The molecule has 0 aliphatic carbocycles. The lowest BCUT2D eigenvalue weighted by molar-refractivity contribution is 0.0756. The molecule has 2 saturated heterocycles. The number of aromatic nitrogens is 2. The molecule has 0 saturated carbocycles. The molecule has 2 aromatic heterocycles. The summed E-state index contributed by atoms with van der Waals surface area (Å²) in [5, 5.41) is 2.81. The smallest absolute Gasteiger partial charge is 0.273 e. The second-order valence-electron chi connectivity index (χ2n) is 7.19. The molecule has 138 valence electrons. The summed E-state index contributed by atoms with van der Waals surface area (Å²) in [7, 11) is 0. The highest BCUT2D eigenvalue weighted by molar-refractivity contribution is 7.13. The van der Waals surface area contributed by atoms with E-state index in [9.17, 15) is 4.79 Å². The van der Waals surface area contributed by atoms with Gasteiger partial charge in [-0.2, -0.15) is 0 Å². The Morgan fingerprint density at radius 2 is 1.65 bits per heavy atom. The molecule has 1 amide bonds. The second kappa shape index (κ2) is 8.16. The number of rotatable bonds is 3. The van der Waals surface area contributed by atoms with Gasteiger partial charge in [-0.05, 0) is 44.2 Å². The monoisotopic (exact) mass is 370 g/mol. The molecule has 2 aliphatic rings. The molecular formula is C20H26N4OS. The Hall–Kier alpha value is -1.95. The van der Waals surface area contributed by atoms with Gasteiger partial charge < -0.3 is 9.80 Å². The number of hydrogen-bond acceptors (Lipinski definition) is 5. The number of hydrogen-bond donors (Lipinski definition) is 0. The van der Waals surface area contributed by atoms with Crippen molar-refractivity contribution in [3.63, 3.8) is 0 Å². The fourth-order valence-electron chi connectivity index (χ4n) is 3.79. The standard InChI is InChI=1S/C20H26N4OS/c25-20(24-12-4-1-2-5-13-24)17-15-26-19(22-17)16-8-9-21-18(14-16)23-10-6-3-7-11-23/h8-9,14-15H,1-7,10-13H2. The molecule has 0 unspecified atom stereocenters. The Balaban J connectivity index is 1.51. The van der Waals surface area contributed by atoms with Crippen molar-refractivity contribution in [1.29, 1.82) is 0 Å². The number of pyridine rings is 1. The van der Waals surface area contributed by atoms with Crippen molar-refractivity contribution in [3.8, 4) is 10.6 Å². The van der Waals surface area contributed by atoms with E-state index in [2.05, 4.69) is 20.9 Å². The van der Waals surface area contributed by atoms with E-state index in [0.29, 0.717) is 5.69 Å². The number of amides is 1. The summed E-state index contributed by atoms with van der Waals surface area (Å²) < 4.78 is 0. The topological polar surface area (TPSA) is 49.3 Å². The van der Waals surface area contributed by atoms with Crippen LogP contribution in [0.25, 0.3) is 10.6 Å². The maximum absolute atomic E-state index is 12.8. The van der Waals surface area contributed by atoms with Crippen LogP contribution in [-0.4, -0.2) is 47.0 Å². The van der Waals surface area contributed by atoms with Gasteiger partial charge in [-0.3, -0.25) is 4.79 Å². The molecule has 0 radical (unpaired) electrons. The molecule has 26 heavy (non-hydrogen) atoms. The van der Waals surface area contributed by atoms with Crippen molar-refractivity contribution in [2.24, 2.45) is 0 Å². The molecule has 2 aromatic rings. The van der Waals surface area contributed by atoms with Crippen LogP contribution >= 0.6 is 11.3 Å². The molecule has 4 heterocycles. The molecule has 2 aliphatic heterocycles. The first-order valence-corrected chi connectivity index (χ1v) is 10.7. The van der Waals surface area contributed by atoms with Crippen LogP contribution in [0.5, 0.6) is 0 Å². The largest absolute Gasteiger partial charge is 0.357 e. The van der Waals surface area contributed by atoms with Gasteiger partial charge in [0.05, 0.1) is 0 Å². The van der Waals surface area contributed by atoms with Gasteiger partial charge in [0, 0.05) is 43.3 Å². The highest BCUT2D eigenvalue weighted by atomic mass is 32.1. The maximum Gasteiger partial charge on any atom is 0.273 e. The molecule has 5 nitrogen and oxygen atoms in total. The normalized spacial score (nSPS) is 18.6. The minimum Gasteiger partial charge on any atom is -0.357 e. The van der Waals surface area contributed by atoms with Gasteiger partial charge in [0.15, 0.2) is 0 Å². The van der Waals surface area contributed by atoms with Gasteiger partial charge >= 0.3 is 0 Å². The lowest BCUT2D eigenvalue weighted by atomic mass is 10.1. The molecule has 2 fully saturated rings. The Kier molecular flexibility index (Phi) is 5.48. The average Bonchev–Trinajstić information content (AvgIpc) is 3.04. The van der Waals surface area contributed by atoms with Crippen LogP contribution in [-0.2, 0) is 0 Å². The molecule has 6 heteroatoms. The molecule has 0 aromatic carbocycles. The first-order valence-electron chi connectivity index (χ1n) is 9.77. The number of carbonyl (C=O) groups excluding carboxylic acids is 1. The third-order valence-electron chi connectivity index (χ3n) is 5.29. The molecule has 0 atom stereocenters. The zero-order valence-electron chi connectivity index (χ0n) is 15.2. The van der Waals surface area contributed by atoms with E-state index in [0.717, 1.165) is 55.4 Å². The van der Waals surface area contributed by atoms with E-state index in [4.69, 9.17) is 0 Å². The Morgan fingerprint density at radius 3 is 2.42 bits per heavy atom. The molecule has 0 N–H and O–H groups in total. The first kappa shape index (κ1) is 17.5. The minimum atomic E-state index is 0.0831. The number of piperidine rings is 1. The van der Waals surface area contributed by atoms with Crippen molar-refractivity contribution in [2.75, 3.05) is 31.1 Å². The zero-order chi connectivity index (χ0) is 17.8. The Morgan fingerprint density at radius 1 is 0.962 bits per heavy atom. The number of carbonyl (C=O) groups is 1. The van der Waals surface area contributed by atoms with Crippen LogP contribution < -0.4 is 4.90 Å². The van der Waals surface area contributed by atoms with Gasteiger partial charge in [-0.15, -0.1) is 11.3 Å². The zero-order valence-corrected chi connectivity index (χ0v) is 16.0. The van der Waals surface area contributed by atoms with E-state index < -0.39 is 0 Å². The van der Waals surface area contributed by atoms with Crippen LogP contribution in [0.4, 0.5) is 5.82 Å². The molecular weight excluding hydrogens is 344 g/mol. The predicted molar refractivity (Wildman–Crippen MR) is 106 cm³/mol. The van der Waals surface area contributed by atoms with Gasteiger partial charge in [0.1, 0.15) is 16.5 Å².